The number of carbonyl (C=O) groups excluding carboxylic acids is 1. The monoisotopic (exact) mass is 353 g/mol. The number of nitrogens with zero attached hydrogens (tertiary/aromatic N) is 6. The molecule has 4 rings (SSSR count). The van der Waals surface area contributed by atoms with Gasteiger partial charge in [0.25, 0.3) is 0 Å². The number of fused-ring (bicyclic) bond motifs is 1. The van der Waals surface area contributed by atoms with Crippen molar-refractivity contribution in [3.8, 4) is 11.4 Å². The molecule has 1 amide bonds. The lowest BCUT2D eigenvalue weighted by Gasteiger charge is -2.12. The smallest absolute Gasteiger partial charge is 0.246 e. The van der Waals surface area contributed by atoms with E-state index in [-0.39, 0.29) is 18.4 Å². The second-order valence-electron chi connectivity index (χ2n) is 6.40. The lowest BCUT2D eigenvalue weighted by Crippen LogP contribution is -2.30. The molecule has 1 atom stereocenters. The van der Waals surface area contributed by atoms with Crippen LogP contribution in [0.5, 0.6) is 0 Å². The zero-order valence-corrected chi connectivity index (χ0v) is 14.4. The molecule has 0 fully saturated rings. The van der Waals surface area contributed by atoms with Crippen LogP contribution >= 0.6 is 0 Å². The fourth-order valence-corrected chi connectivity index (χ4v) is 3.04. The van der Waals surface area contributed by atoms with Crippen molar-refractivity contribution >= 4 is 5.91 Å². The number of nitrogens with one attached hydrogen (secondary N) is 1. The van der Waals surface area contributed by atoms with E-state index in [1.54, 1.807) is 4.68 Å². The molecule has 3 aromatic rings. The van der Waals surface area contributed by atoms with Gasteiger partial charge in [-0.15, -0.1) is 5.10 Å². The first-order valence-corrected chi connectivity index (χ1v) is 8.64. The Bertz CT molecular complexity index is 900. The summed E-state index contributed by atoms with van der Waals surface area (Å²) in [5.74, 6) is 1.01. The van der Waals surface area contributed by atoms with Gasteiger partial charge in [0.05, 0.1) is 12.5 Å². The van der Waals surface area contributed by atoms with Gasteiger partial charge >= 0.3 is 0 Å². The van der Waals surface area contributed by atoms with Crippen molar-refractivity contribution in [1.82, 2.24) is 35.7 Å². The third-order valence-electron chi connectivity index (χ3n) is 4.49. The van der Waals surface area contributed by atoms with Crippen molar-refractivity contribution in [1.29, 1.82) is 0 Å². The van der Waals surface area contributed by atoms with Gasteiger partial charge < -0.3 is 9.84 Å². The third-order valence-corrected chi connectivity index (χ3v) is 4.49. The number of aromatic nitrogens is 6. The Kier molecular flexibility index (Phi) is 4.42. The summed E-state index contributed by atoms with van der Waals surface area (Å²) in [5, 5.41) is 18.5. The minimum atomic E-state index is -0.355. The Morgan fingerprint density at radius 1 is 1.31 bits per heavy atom. The molecule has 0 aliphatic carbocycles. The molecule has 134 valence electrons. The summed E-state index contributed by atoms with van der Waals surface area (Å²) >= 11 is 0. The average molecular weight is 353 g/mol. The van der Waals surface area contributed by atoms with Gasteiger partial charge in [-0.1, -0.05) is 41.4 Å². The van der Waals surface area contributed by atoms with Crippen LogP contribution in [0.1, 0.15) is 42.5 Å². The number of rotatable bonds is 4. The number of aryl methyl sites for hydroxylation is 2. The molecule has 9 nitrogen and oxygen atoms in total. The van der Waals surface area contributed by atoms with Crippen LogP contribution in [0.25, 0.3) is 11.4 Å². The summed E-state index contributed by atoms with van der Waals surface area (Å²) in [7, 11) is 0. The minimum Gasteiger partial charge on any atom is -0.346 e. The number of hydrogen-bond donors (Lipinski definition) is 1. The fourth-order valence-electron chi connectivity index (χ4n) is 3.04. The molecule has 1 aromatic carbocycles. The first-order valence-electron chi connectivity index (χ1n) is 8.64. The van der Waals surface area contributed by atoms with Gasteiger partial charge in [0.15, 0.2) is 5.82 Å². The van der Waals surface area contributed by atoms with Crippen molar-refractivity contribution in [3.05, 3.63) is 41.5 Å². The van der Waals surface area contributed by atoms with Crippen LogP contribution < -0.4 is 5.32 Å². The Labute approximate surface area is 149 Å². The molecule has 1 aliphatic rings. The molecule has 1 aliphatic heterocycles. The van der Waals surface area contributed by atoms with E-state index in [9.17, 15) is 4.79 Å². The van der Waals surface area contributed by atoms with Gasteiger partial charge in [-0.2, -0.15) is 4.98 Å². The lowest BCUT2D eigenvalue weighted by molar-refractivity contribution is -0.123. The quantitative estimate of drug-likeness (QED) is 0.758. The standard InChI is InChI=1S/C17H19N7O2/c1-11-5-7-12(8-6-11)15-19-14(26-21-15)10-18-17(25)13-4-2-3-9-24-16(13)20-22-23-24/h5-8,13H,2-4,9-10H2,1H3,(H,18,25). The maximum Gasteiger partial charge on any atom is 0.246 e. The molecule has 1 N–H and O–H groups in total. The van der Waals surface area contributed by atoms with E-state index >= 15 is 0 Å². The summed E-state index contributed by atoms with van der Waals surface area (Å²) in [6.45, 7) is 2.94. The van der Waals surface area contributed by atoms with Crippen LogP contribution in [0, 0.1) is 6.92 Å². The summed E-state index contributed by atoms with van der Waals surface area (Å²) < 4.78 is 6.95. The van der Waals surface area contributed by atoms with Gasteiger partial charge in [-0.05, 0) is 30.2 Å². The molecular formula is C17H19N7O2. The molecule has 3 heterocycles. The molecule has 1 unspecified atom stereocenters. The van der Waals surface area contributed by atoms with Crippen LogP contribution in [-0.2, 0) is 17.9 Å². The van der Waals surface area contributed by atoms with Gasteiger partial charge in [-0.25, -0.2) is 4.68 Å². The predicted octanol–water partition coefficient (Wildman–Crippen LogP) is 1.62. The second-order valence-corrected chi connectivity index (χ2v) is 6.40. The van der Waals surface area contributed by atoms with Gasteiger partial charge in [-0.3, -0.25) is 4.79 Å². The highest BCUT2D eigenvalue weighted by atomic mass is 16.5. The van der Waals surface area contributed by atoms with Crippen LogP contribution in [-0.4, -0.2) is 36.3 Å². The van der Waals surface area contributed by atoms with Crippen LogP contribution in [0.15, 0.2) is 28.8 Å². The fraction of sp³-hybridized carbons (Fsp3) is 0.412. The molecule has 0 radical (unpaired) electrons. The van der Waals surface area contributed by atoms with E-state index in [4.69, 9.17) is 4.52 Å². The maximum absolute atomic E-state index is 12.6. The van der Waals surface area contributed by atoms with E-state index in [2.05, 4.69) is 31.0 Å². The first kappa shape index (κ1) is 16.4. The molecule has 0 saturated carbocycles. The Morgan fingerprint density at radius 3 is 3.00 bits per heavy atom. The first-order chi connectivity index (χ1) is 12.7. The number of benzene rings is 1. The van der Waals surface area contributed by atoms with Crippen molar-refractivity contribution in [3.63, 3.8) is 0 Å². The normalized spacial score (nSPS) is 16.7. The third kappa shape index (κ3) is 3.32. The molecule has 0 bridgehead atoms. The van der Waals surface area contributed by atoms with Crippen LogP contribution in [0.4, 0.5) is 0 Å². The highest BCUT2D eigenvalue weighted by Gasteiger charge is 2.28. The lowest BCUT2D eigenvalue weighted by atomic mass is 10.0. The number of tetrazole rings is 1. The van der Waals surface area contributed by atoms with Crippen molar-refractivity contribution < 1.29 is 9.32 Å². The summed E-state index contributed by atoms with van der Waals surface area (Å²) in [5.41, 5.74) is 2.04. The Morgan fingerprint density at radius 2 is 2.15 bits per heavy atom. The maximum atomic E-state index is 12.6. The van der Waals surface area contributed by atoms with Gasteiger partial charge in [0, 0.05) is 12.1 Å². The van der Waals surface area contributed by atoms with Gasteiger partial charge in [0.2, 0.25) is 17.6 Å². The second kappa shape index (κ2) is 7.03. The molecule has 9 heteroatoms. The highest BCUT2D eigenvalue weighted by Crippen LogP contribution is 2.24. The molecule has 0 spiro atoms. The summed E-state index contributed by atoms with van der Waals surface area (Å²) in [6.07, 6.45) is 2.64. The molecule has 2 aromatic heterocycles. The Balaban J connectivity index is 1.42. The predicted molar refractivity (Wildman–Crippen MR) is 90.7 cm³/mol. The van der Waals surface area contributed by atoms with Crippen LogP contribution in [0.2, 0.25) is 0 Å². The van der Waals surface area contributed by atoms with E-state index < -0.39 is 0 Å². The highest BCUT2D eigenvalue weighted by molar-refractivity contribution is 5.82. The van der Waals surface area contributed by atoms with E-state index in [0.717, 1.165) is 36.9 Å². The van der Waals surface area contributed by atoms with E-state index in [1.807, 2.05) is 31.2 Å². The topological polar surface area (TPSA) is 112 Å². The SMILES string of the molecule is Cc1ccc(-c2noc(CNC(=O)C3CCCCn4nnnc43)n2)cc1. The Hall–Kier alpha value is -3.10. The number of hydrogen-bond acceptors (Lipinski definition) is 7. The van der Waals surface area contributed by atoms with Crippen molar-refractivity contribution in [2.45, 2.75) is 45.2 Å². The molecule has 0 saturated heterocycles. The number of amides is 1. The zero-order valence-electron chi connectivity index (χ0n) is 14.4. The van der Waals surface area contributed by atoms with Gasteiger partial charge in [0.1, 0.15) is 0 Å². The van der Waals surface area contributed by atoms with E-state index in [1.165, 1.54) is 0 Å². The summed E-state index contributed by atoms with van der Waals surface area (Å²) in [4.78, 5) is 16.9. The zero-order chi connectivity index (χ0) is 17.9. The average Bonchev–Trinajstić information content (AvgIpc) is 3.26. The molecular weight excluding hydrogens is 334 g/mol. The largest absolute Gasteiger partial charge is 0.346 e. The minimum absolute atomic E-state index is 0.127. The van der Waals surface area contributed by atoms with E-state index in [0.29, 0.717) is 17.5 Å². The van der Waals surface area contributed by atoms with Crippen molar-refractivity contribution in [2.75, 3.05) is 0 Å². The van der Waals surface area contributed by atoms with Crippen LogP contribution in [0.3, 0.4) is 0 Å². The number of carbonyl (C=O) groups is 1. The van der Waals surface area contributed by atoms with Crippen molar-refractivity contribution in [2.24, 2.45) is 0 Å². The molecule has 26 heavy (non-hydrogen) atoms. The summed E-state index contributed by atoms with van der Waals surface area (Å²) in [6, 6.07) is 7.86.